The molecule has 2 fully saturated rings. The Hall–Kier alpha value is -3.97. The van der Waals surface area contributed by atoms with E-state index in [0.717, 1.165) is 16.7 Å². The minimum absolute atomic E-state index is 0.142. The molecule has 3 aromatic rings. The molecule has 0 aromatic heterocycles. The third kappa shape index (κ3) is 4.88. The van der Waals surface area contributed by atoms with Crippen molar-refractivity contribution in [3.63, 3.8) is 0 Å². The second kappa shape index (κ2) is 10.3. The standard InChI is InChI=1S/C29H29N3O4/c1-20(36-19-21-8-4-2-5-9-21)26-29(35)32-17-16-31(18-25(32)27(33)30-26)28(34)24-14-12-23(13-15-24)22-10-6-3-7-11-22/h2-15,20,25-26H,16-19H2,1H3,(H,30,33)/t20-,25-,26+/m1/s1. The van der Waals surface area contributed by atoms with Crippen LogP contribution in [-0.2, 0) is 20.9 Å². The van der Waals surface area contributed by atoms with Crippen LogP contribution in [0.1, 0.15) is 22.8 Å². The van der Waals surface area contributed by atoms with Crippen molar-refractivity contribution in [2.24, 2.45) is 0 Å². The van der Waals surface area contributed by atoms with E-state index in [2.05, 4.69) is 5.32 Å². The number of ether oxygens (including phenoxy) is 1. The number of hydrogen-bond acceptors (Lipinski definition) is 4. The predicted molar refractivity (Wildman–Crippen MR) is 136 cm³/mol. The number of benzene rings is 3. The smallest absolute Gasteiger partial charge is 0.253 e. The molecule has 3 atom stereocenters. The Morgan fingerprint density at radius 2 is 1.56 bits per heavy atom. The van der Waals surface area contributed by atoms with E-state index in [9.17, 15) is 14.4 Å². The van der Waals surface area contributed by atoms with E-state index < -0.39 is 18.2 Å². The lowest BCUT2D eigenvalue weighted by Gasteiger charge is -2.46. The highest BCUT2D eigenvalue weighted by molar-refractivity contribution is 5.99. The number of nitrogens with one attached hydrogen (secondary N) is 1. The summed E-state index contributed by atoms with van der Waals surface area (Å²) in [6, 6.07) is 25.7. The van der Waals surface area contributed by atoms with E-state index in [1.165, 1.54) is 0 Å². The van der Waals surface area contributed by atoms with E-state index in [1.54, 1.807) is 16.7 Å². The van der Waals surface area contributed by atoms with Crippen LogP contribution in [0.4, 0.5) is 0 Å². The van der Waals surface area contributed by atoms with Crippen LogP contribution in [0.15, 0.2) is 84.9 Å². The topological polar surface area (TPSA) is 79.0 Å². The second-order valence-electron chi connectivity index (χ2n) is 9.23. The van der Waals surface area contributed by atoms with E-state index in [-0.39, 0.29) is 24.3 Å². The summed E-state index contributed by atoms with van der Waals surface area (Å²) in [7, 11) is 0. The summed E-state index contributed by atoms with van der Waals surface area (Å²) in [5.41, 5.74) is 3.68. The molecule has 2 aliphatic rings. The lowest BCUT2D eigenvalue weighted by molar-refractivity contribution is -0.156. The second-order valence-corrected chi connectivity index (χ2v) is 9.23. The number of hydrogen-bond donors (Lipinski definition) is 1. The van der Waals surface area contributed by atoms with Gasteiger partial charge in [-0.05, 0) is 35.7 Å². The summed E-state index contributed by atoms with van der Waals surface area (Å²) < 4.78 is 5.90. The summed E-state index contributed by atoms with van der Waals surface area (Å²) in [4.78, 5) is 42.6. The number of carbonyl (C=O) groups is 3. The number of nitrogens with zero attached hydrogens (tertiary/aromatic N) is 2. The zero-order valence-corrected chi connectivity index (χ0v) is 20.2. The fourth-order valence-corrected chi connectivity index (χ4v) is 4.78. The van der Waals surface area contributed by atoms with Crippen LogP contribution in [0.2, 0.25) is 0 Å². The molecule has 0 spiro atoms. The van der Waals surface area contributed by atoms with Gasteiger partial charge in [-0.25, -0.2) is 0 Å². The summed E-state index contributed by atoms with van der Waals surface area (Å²) >= 11 is 0. The van der Waals surface area contributed by atoms with Crippen LogP contribution in [0.5, 0.6) is 0 Å². The molecule has 5 rings (SSSR count). The summed E-state index contributed by atoms with van der Waals surface area (Å²) in [6.45, 7) is 3.01. The molecular weight excluding hydrogens is 454 g/mol. The molecule has 3 aromatic carbocycles. The maximum atomic E-state index is 13.2. The average Bonchev–Trinajstić information content (AvgIpc) is 2.94. The van der Waals surface area contributed by atoms with Gasteiger partial charge >= 0.3 is 0 Å². The van der Waals surface area contributed by atoms with Gasteiger partial charge in [-0.2, -0.15) is 0 Å². The normalized spacial score (nSPS) is 20.5. The van der Waals surface area contributed by atoms with Gasteiger partial charge in [0.2, 0.25) is 11.8 Å². The number of piperazine rings is 2. The molecule has 7 nitrogen and oxygen atoms in total. The predicted octanol–water partition coefficient (Wildman–Crippen LogP) is 3.11. The van der Waals surface area contributed by atoms with Crippen LogP contribution in [0.3, 0.4) is 0 Å². The van der Waals surface area contributed by atoms with Crippen LogP contribution in [0, 0.1) is 0 Å². The summed E-state index contributed by atoms with van der Waals surface area (Å²) in [5.74, 6) is -0.567. The van der Waals surface area contributed by atoms with Crippen molar-refractivity contribution in [1.82, 2.24) is 15.1 Å². The average molecular weight is 484 g/mol. The van der Waals surface area contributed by atoms with Gasteiger partial charge in [-0.3, -0.25) is 14.4 Å². The molecule has 0 saturated carbocycles. The van der Waals surface area contributed by atoms with Gasteiger partial charge in [0.1, 0.15) is 12.1 Å². The molecule has 0 aliphatic carbocycles. The molecule has 1 N–H and O–H groups in total. The number of fused-ring (bicyclic) bond motifs is 1. The quantitative estimate of drug-likeness (QED) is 0.585. The van der Waals surface area contributed by atoms with Crippen LogP contribution >= 0.6 is 0 Å². The number of rotatable bonds is 6. The highest BCUT2D eigenvalue weighted by Gasteiger charge is 2.46. The molecule has 0 radical (unpaired) electrons. The van der Waals surface area contributed by atoms with Crippen molar-refractivity contribution in [2.75, 3.05) is 19.6 Å². The van der Waals surface area contributed by atoms with E-state index in [0.29, 0.717) is 25.3 Å². The van der Waals surface area contributed by atoms with E-state index >= 15 is 0 Å². The largest absolute Gasteiger partial charge is 0.371 e. The lowest BCUT2D eigenvalue weighted by Crippen LogP contribution is -2.71. The molecule has 2 saturated heterocycles. The first-order valence-corrected chi connectivity index (χ1v) is 12.2. The third-order valence-corrected chi connectivity index (χ3v) is 6.88. The first-order valence-electron chi connectivity index (χ1n) is 12.2. The Morgan fingerprint density at radius 3 is 2.25 bits per heavy atom. The van der Waals surface area contributed by atoms with Gasteiger partial charge in [-0.15, -0.1) is 0 Å². The molecular formula is C29H29N3O4. The first-order chi connectivity index (χ1) is 17.5. The zero-order chi connectivity index (χ0) is 25.1. The fourth-order valence-electron chi connectivity index (χ4n) is 4.78. The number of amides is 3. The highest BCUT2D eigenvalue weighted by Crippen LogP contribution is 2.23. The van der Waals surface area contributed by atoms with Gasteiger partial charge in [0, 0.05) is 18.7 Å². The molecule has 0 bridgehead atoms. The molecule has 2 heterocycles. The maximum Gasteiger partial charge on any atom is 0.253 e. The van der Waals surface area contributed by atoms with Crippen LogP contribution < -0.4 is 5.32 Å². The SMILES string of the molecule is C[C@@H](OCc1ccccc1)[C@@H]1NC(=O)[C@H]2CN(C(=O)c3ccc(-c4ccccc4)cc3)CCN2C1=O. The monoisotopic (exact) mass is 483 g/mol. The highest BCUT2D eigenvalue weighted by atomic mass is 16.5. The van der Waals surface area contributed by atoms with Crippen molar-refractivity contribution in [3.05, 3.63) is 96.1 Å². The Bertz CT molecular complexity index is 1230. The molecule has 3 amide bonds. The van der Waals surface area contributed by atoms with Gasteiger partial charge in [-0.1, -0.05) is 72.8 Å². The summed E-state index contributed by atoms with van der Waals surface area (Å²) in [6.07, 6.45) is -0.481. The van der Waals surface area contributed by atoms with Crippen molar-refractivity contribution < 1.29 is 19.1 Å². The van der Waals surface area contributed by atoms with Gasteiger partial charge in [0.05, 0.1) is 19.3 Å². The van der Waals surface area contributed by atoms with Crippen molar-refractivity contribution in [3.8, 4) is 11.1 Å². The van der Waals surface area contributed by atoms with Gasteiger partial charge < -0.3 is 19.9 Å². The summed E-state index contributed by atoms with van der Waals surface area (Å²) in [5, 5.41) is 2.83. The molecule has 2 aliphatic heterocycles. The van der Waals surface area contributed by atoms with Gasteiger partial charge in [0.25, 0.3) is 5.91 Å². The van der Waals surface area contributed by atoms with Crippen molar-refractivity contribution in [1.29, 1.82) is 0 Å². The third-order valence-electron chi connectivity index (χ3n) is 6.88. The minimum Gasteiger partial charge on any atom is -0.371 e. The molecule has 36 heavy (non-hydrogen) atoms. The van der Waals surface area contributed by atoms with E-state index in [4.69, 9.17) is 4.74 Å². The first kappa shape index (κ1) is 23.8. The van der Waals surface area contributed by atoms with Crippen molar-refractivity contribution >= 4 is 17.7 Å². The Balaban J connectivity index is 1.21. The fraction of sp³-hybridized carbons (Fsp3) is 0.276. The number of carbonyl (C=O) groups excluding carboxylic acids is 3. The van der Waals surface area contributed by atoms with Crippen LogP contribution in [-0.4, -0.2) is 65.3 Å². The Labute approximate surface area is 210 Å². The maximum absolute atomic E-state index is 13.2. The Morgan fingerprint density at radius 1 is 0.917 bits per heavy atom. The Kier molecular flexibility index (Phi) is 6.82. The van der Waals surface area contributed by atoms with Crippen LogP contribution in [0.25, 0.3) is 11.1 Å². The molecule has 0 unspecified atom stereocenters. The van der Waals surface area contributed by atoms with E-state index in [1.807, 2.05) is 84.9 Å². The van der Waals surface area contributed by atoms with Gasteiger partial charge in [0.15, 0.2) is 0 Å². The minimum atomic E-state index is -0.745. The molecule has 7 heteroatoms. The lowest BCUT2D eigenvalue weighted by atomic mass is 10.00. The molecule has 184 valence electrons. The zero-order valence-electron chi connectivity index (χ0n) is 20.2. The van der Waals surface area contributed by atoms with Crippen molar-refractivity contribution in [2.45, 2.75) is 31.7 Å².